The number of nitrogens with one attached hydrogen (secondary N) is 2. The fourth-order valence-electron chi connectivity index (χ4n) is 1.14. The van der Waals surface area contributed by atoms with Gasteiger partial charge in [-0.05, 0) is 5.92 Å². The Labute approximate surface area is 86.6 Å². The number of allylic oxidation sites excluding steroid dienone is 1. The topological polar surface area (TPSA) is 61.9 Å². The lowest BCUT2D eigenvalue weighted by atomic mass is 10.0. The minimum atomic E-state index is 0.428. The molecule has 0 fully saturated rings. The second-order valence-electron chi connectivity index (χ2n) is 3.36. The first-order valence-electron chi connectivity index (χ1n) is 5.04. The zero-order valence-corrected chi connectivity index (χ0v) is 9.14. The molecule has 14 heavy (non-hydrogen) atoms. The molecule has 0 atom stereocenters. The fourth-order valence-corrected chi connectivity index (χ4v) is 1.14. The second-order valence-corrected chi connectivity index (χ2v) is 3.36. The van der Waals surface area contributed by atoms with Crippen LogP contribution in [0.15, 0.2) is 24.0 Å². The summed E-state index contributed by atoms with van der Waals surface area (Å²) >= 11 is 0. The first-order valence-corrected chi connectivity index (χ1v) is 5.04. The summed E-state index contributed by atoms with van der Waals surface area (Å²) in [4.78, 5) is 0. The van der Waals surface area contributed by atoms with Gasteiger partial charge < -0.3 is 16.5 Å². The summed E-state index contributed by atoms with van der Waals surface area (Å²) in [5.74, 6) is 0.685. The normalized spacial score (nSPS) is 11.5. The number of hydrogen-bond donors (Lipinski definition) is 3. The van der Waals surface area contributed by atoms with Gasteiger partial charge in [0.05, 0.1) is 0 Å². The van der Waals surface area contributed by atoms with Gasteiger partial charge in [-0.15, -0.1) is 0 Å². The van der Waals surface area contributed by atoms with Crippen molar-refractivity contribution in [2.45, 2.75) is 26.7 Å². The average molecular weight is 195 g/mol. The van der Waals surface area contributed by atoms with Gasteiger partial charge in [-0.1, -0.05) is 33.3 Å². The minimum Gasteiger partial charge on any atom is -0.399 e. The highest BCUT2D eigenvalue weighted by molar-refractivity contribution is 5.81. The van der Waals surface area contributed by atoms with Crippen molar-refractivity contribution in [3.05, 3.63) is 24.0 Å². The largest absolute Gasteiger partial charge is 0.399 e. The van der Waals surface area contributed by atoms with Crippen LogP contribution in [0, 0.1) is 11.3 Å². The van der Waals surface area contributed by atoms with Gasteiger partial charge in [0, 0.05) is 30.2 Å². The van der Waals surface area contributed by atoms with Gasteiger partial charge in [-0.2, -0.15) is 0 Å². The van der Waals surface area contributed by atoms with E-state index < -0.39 is 0 Å². The third-order valence-corrected chi connectivity index (χ3v) is 2.35. The highest BCUT2D eigenvalue weighted by atomic mass is 14.8. The Bertz CT molecular complexity index is 215. The predicted octanol–water partition coefficient (Wildman–Crippen LogP) is 2.02. The van der Waals surface area contributed by atoms with Crippen LogP contribution in [0.1, 0.15) is 26.7 Å². The van der Waals surface area contributed by atoms with Crippen molar-refractivity contribution in [1.29, 1.82) is 5.41 Å². The van der Waals surface area contributed by atoms with Crippen LogP contribution in [0.2, 0.25) is 0 Å². The van der Waals surface area contributed by atoms with Crippen molar-refractivity contribution >= 4 is 6.21 Å². The maximum absolute atomic E-state index is 7.09. The lowest BCUT2D eigenvalue weighted by Gasteiger charge is -2.12. The van der Waals surface area contributed by atoms with Crippen LogP contribution in [0.4, 0.5) is 0 Å². The van der Waals surface area contributed by atoms with Crippen molar-refractivity contribution in [2.75, 3.05) is 6.54 Å². The van der Waals surface area contributed by atoms with E-state index in [2.05, 4.69) is 25.7 Å². The zero-order valence-electron chi connectivity index (χ0n) is 9.14. The number of nitrogens with two attached hydrogens (primary N) is 1. The molecule has 0 bridgehead atoms. The Balaban J connectivity index is 4.01. The van der Waals surface area contributed by atoms with Crippen LogP contribution in [0.5, 0.6) is 0 Å². The molecule has 3 nitrogen and oxygen atoms in total. The van der Waals surface area contributed by atoms with E-state index in [0.29, 0.717) is 17.2 Å². The van der Waals surface area contributed by atoms with Crippen LogP contribution < -0.4 is 11.1 Å². The smallest absolute Gasteiger partial charge is 0.0344 e. The van der Waals surface area contributed by atoms with E-state index >= 15 is 0 Å². The number of hydrogen-bond acceptors (Lipinski definition) is 3. The molecule has 0 saturated heterocycles. The molecule has 80 valence electrons. The number of rotatable bonds is 7. The van der Waals surface area contributed by atoms with E-state index in [1.807, 2.05) is 0 Å². The van der Waals surface area contributed by atoms with Crippen LogP contribution in [0.25, 0.3) is 0 Å². The summed E-state index contributed by atoms with van der Waals surface area (Å²) in [5, 5.41) is 10.3. The molecule has 0 aliphatic rings. The molecular formula is C11H21N3. The second kappa shape index (κ2) is 7.18. The van der Waals surface area contributed by atoms with Crippen LogP contribution >= 0.6 is 0 Å². The van der Waals surface area contributed by atoms with Gasteiger partial charge in [0.1, 0.15) is 0 Å². The maximum Gasteiger partial charge on any atom is 0.0344 e. The van der Waals surface area contributed by atoms with Crippen LogP contribution in [-0.4, -0.2) is 12.8 Å². The van der Waals surface area contributed by atoms with Crippen molar-refractivity contribution in [2.24, 2.45) is 11.7 Å². The third-order valence-electron chi connectivity index (χ3n) is 2.35. The van der Waals surface area contributed by atoms with E-state index in [1.165, 1.54) is 19.1 Å². The van der Waals surface area contributed by atoms with E-state index in [4.69, 9.17) is 11.1 Å². The van der Waals surface area contributed by atoms with Gasteiger partial charge in [-0.25, -0.2) is 0 Å². The Morgan fingerprint density at radius 2 is 2.07 bits per heavy atom. The predicted molar refractivity (Wildman–Crippen MR) is 62.3 cm³/mol. The molecule has 0 unspecified atom stereocenters. The van der Waals surface area contributed by atoms with Gasteiger partial charge in [0.2, 0.25) is 0 Å². The third kappa shape index (κ3) is 4.70. The highest BCUT2D eigenvalue weighted by Gasteiger charge is 2.01. The summed E-state index contributed by atoms with van der Waals surface area (Å²) in [6, 6.07) is 0. The van der Waals surface area contributed by atoms with E-state index in [0.717, 1.165) is 6.54 Å². The molecule has 3 heteroatoms. The molecule has 0 heterocycles. The Hall–Kier alpha value is -1.25. The Morgan fingerprint density at radius 3 is 2.43 bits per heavy atom. The molecule has 0 amide bonds. The molecule has 0 aromatic rings. The minimum absolute atomic E-state index is 0.428. The molecule has 0 radical (unpaired) electrons. The molecule has 0 aromatic heterocycles. The SMILES string of the molecule is C=C(N)/C(C=N)=C/NCC(CC)CC. The van der Waals surface area contributed by atoms with Crippen LogP contribution in [0.3, 0.4) is 0 Å². The standard InChI is InChI=1S/C11H21N3/c1-4-10(5-2)7-14-8-11(6-12)9(3)13/h6,8,10,12,14H,3-5,7,13H2,1-2H3/b11-8+,12-6?. The molecule has 0 aromatic carbocycles. The van der Waals surface area contributed by atoms with Crippen molar-refractivity contribution < 1.29 is 0 Å². The molecule has 0 aliphatic carbocycles. The molecule has 0 spiro atoms. The Morgan fingerprint density at radius 1 is 1.50 bits per heavy atom. The monoisotopic (exact) mass is 195 g/mol. The molecule has 0 aliphatic heterocycles. The summed E-state index contributed by atoms with van der Waals surface area (Å²) in [6.07, 6.45) is 5.30. The maximum atomic E-state index is 7.09. The summed E-state index contributed by atoms with van der Waals surface area (Å²) in [7, 11) is 0. The molecule has 4 N–H and O–H groups in total. The fraction of sp³-hybridized carbons (Fsp3) is 0.545. The Kier molecular flexibility index (Phi) is 6.54. The van der Waals surface area contributed by atoms with E-state index in [-0.39, 0.29) is 0 Å². The van der Waals surface area contributed by atoms with Crippen molar-refractivity contribution in [3.63, 3.8) is 0 Å². The summed E-state index contributed by atoms with van der Waals surface area (Å²) in [5.41, 5.74) is 6.55. The zero-order chi connectivity index (χ0) is 11.0. The van der Waals surface area contributed by atoms with Crippen molar-refractivity contribution in [1.82, 2.24) is 5.32 Å². The van der Waals surface area contributed by atoms with E-state index in [1.54, 1.807) is 6.20 Å². The van der Waals surface area contributed by atoms with Crippen molar-refractivity contribution in [3.8, 4) is 0 Å². The summed E-state index contributed by atoms with van der Waals surface area (Å²) < 4.78 is 0. The van der Waals surface area contributed by atoms with Gasteiger partial charge in [-0.3, -0.25) is 0 Å². The molecule has 0 saturated carbocycles. The first kappa shape index (κ1) is 12.8. The lowest BCUT2D eigenvalue weighted by Crippen LogP contribution is -2.18. The van der Waals surface area contributed by atoms with Gasteiger partial charge in [0.25, 0.3) is 0 Å². The quantitative estimate of drug-likeness (QED) is 0.430. The van der Waals surface area contributed by atoms with Crippen LogP contribution in [-0.2, 0) is 0 Å². The highest BCUT2D eigenvalue weighted by Crippen LogP contribution is 2.05. The average Bonchev–Trinajstić information content (AvgIpc) is 2.18. The molecular weight excluding hydrogens is 174 g/mol. The van der Waals surface area contributed by atoms with Gasteiger partial charge >= 0.3 is 0 Å². The molecule has 0 rings (SSSR count). The lowest BCUT2D eigenvalue weighted by molar-refractivity contribution is 0.477. The summed E-state index contributed by atoms with van der Waals surface area (Å²) in [6.45, 7) is 8.87. The van der Waals surface area contributed by atoms with Gasteiger partial charge in [0.15, 0.2) is 0 Å². The first-order chi connectivity index (χ1) is 6.65. The van der Waals surface area contributed by atoms with E-state index in [9.17, 15) is 0 Å².